The van der Waals surface area contributed by atoms with Crippen LogP contribution in [0.3, 0.4) is 0 Å². The van der Waals surface area contributed by atoms with Gasteiger partial charge in [-0.3, -0.25) is 0 Å². The number of aliphatic hydroxyl groups excluding tert-OH is 1. The molecule has 11 heavy (non-hydrogen) atoms. The van der Waals surface area contributed by atoms with Crippen molar-refractivity contribution in [3.8, 4) is 0 Å². The standard InChI is InChI=1S/C7H19N2O2/c1-9(2,3)4-5-11-6-7(8)10/h7,10H,4-6,8H2,1-3H3/q+1. The van der Waals surface area contributed by atoms with Gasteiger partial charge in [0, 0.05) is 0 Å². The van der Waals surface area contributed by atoms with E-state index >= 15 is 0 Å². The molecule has 3 N–H and O–H groups in total. The Morgan fingerprint density at radius 2 is 2.00 bits per heavy atom. The molecule has 0 fully saturated rings. The van der Waals surface area contributed by atoms with Gasteiger partial charge in [0.25, 0.3) is 0 Å². The van der Waals surface area contributed by atoms with Gasteiger partial charge in [0.1, 0.15) is 12.8 Å². The van der Waals surface area contributed by atoms with Crippen LogP contribution in [0.2, 0.25) is 0 Å². The Labute approximate surface area is 68.1 Å². The highest BCUT2D eigenvalue weighted by atomic mass is 16.5. The van der Waals surface area contributed by atoms with E-state index in [-0.39, 0.29) is 6.61 Å². The van der Waals surface area contributed by atoms with Crippen molar-refractivity contribution in [3.63, 3.8) is 0 Å². The molecule has 0 amide bonds. The zero-order chi connectivity index (χ0) is 8.91. The van der Waals surface area contributed by atoms with Crippen LogP contribution in [0.15, 0.2) is 0 Å². The van der Waals surface area contributed by atoms with Crippen LogP contribution in [0.1, 0.15) is 0 Å². The molecule has 0 aliphatic carbocycles. The first-order valence-electron chi connectivity index (χ1n) is 3.73. The molecule has 0 aromatic carbocycles. The highest BCUT2D eigenvalue weighted by Gasteiger charge is 2.05. The maximum atomic E-state index is 8.63. The average molecular weight is 163 g/mol. The van der Waals surface area contributed by atoms with Gasteiger partial charge in [0.05, 0.1) is 34.4 Å². The second-order valence-corrected chi connectivity index (χ2v) is 3.66. The lowest BCUT2D eigenvalue weighted by Gasteiger charge is -2.23. The summed E-state index contributed by atoms with van der Waals surface area (Å²) in [6.45, 7) is 1.78. The van der Waals surface area contributed by atoms with Crippen LogP contribution in [0.4, 0.5) is 0 Å². The zero-order valence-electron chi connectivity index (χ0n) is 7.58. The van der Waals surface area contributed by atoms with Crippen molar-refractivity contribution in [3.05, 3.63) is 0 Å². The molecular weight excluding hydrogens is 144 g/mol. The number of nitrogens with two attached hydrogens (primary N) is 1. The predicted octanol–water partition coefficient (Wildman–Crippen LogP) is -1.01. The van der Waals surface area contributed by atoms with Crippen molar-refractivity contribution >= 4 is 0 Å². The van der Waals surface area contributed by atoms with E-state index in [0.717, 1.165) is 11.0 Å². The van der Waals surface area contributed by atoms with Crippen LogP contribution < -0.4 is 5.73 Å². The quantitative estimate of drug-likeness (QED) is 0.310. The number of quaternary nitrogens is 1. The Kier molecular flexibility index (Phi) is 4.60. The van der Waals surface area contributed by atoms with E-state index in [1.807, 2.05) is 0 Å². The van der Waals surface area contributed by atoms with Gasteiger partial charge in [-0.1, -0.05) is 0 Å². The first-order valence-corrected chi connectivity index (χ1v) is 3.73. The van der Waals surface area contributed by atoms with Gasteiger partial charge in [-0.15, -0.1) is 0 Å². The topological polar surface area (TPSA) is 55.5 Å². The second-order valence-electron chi connectivity index (χ2n) is 3.66. The minimum atomic E-state index is -0.845. The molecule has 0 aliphatic rings. The molecule has 0 saturated heterocycles. The summed E-state index contributed by atoms with van der Waals surface area (Å²) in [5.74, 6) is 0. The summed E-state index contributed by atoms with van der Waals surface area (Å²) < 4.78 is 5.94. The van der Waals surface area contributed by atoms with Crippen LogP contribution in [0.5, 0.6) is 0 Å². The first-order chi connectivity index (χ1) is 4.92. The van der Waals surface area contributed by atoms with Crippen LogP contribution >= 0.6 is 0 Å². The largest absolute Gasteiger partial charge is 0.376 e. The zero-order valence-corrected chi connectivity index (χ0v) is 7.58. The summed E-state index contributed by atoms with van der Waals surface area (Å²) in [6.07, 6.45) is -0.845. The molecule has 0 bridgehead atoms. The smallest absolute Gasteiger partial charge is 0.126 e. The third-order valence-corrected chi connectivity index (χ3v) is 1.20. The fraction of sp³-hybridized carbons (Fsp3) is 1.00. The van der Waals surface area contributed by atoms with E-state index in [4.69, 9.17) is 15.6 Å². The van der Waals surface area contributed by atoms with Crippen molar-refractivity contribution in [2.45, 2.75) is 6.23 Å². The summed E-state index contributed by atoms with van der Waals surface area (Å²) in [5.41, 5.74) is 5.07. The fourth-order valence-corrected chi connectivity index (χ4v) is 0.542. The molecule has 1 atom stereocenters. The number of ether oxygens (including phenoxy) is 1. The summed E-state index contributed by atoms with van der Waals surface area (Å²) in [4.78, 5) is 0. The third-order valence-electron chi connectivity index (χ3n) is 1.20. The molecule has 0 aliphatic heterocycles. The van der Waals surface area contributed by atoms with Gasteiger partial charge in [0.2, 0.25) is 0 Å². The lowest BCUT2D eigenvalue weighted by atomic mass is 10.5. The van der Waals surface area contributed by atoms with Gasteiger partial charge < -0.3 is 20.1 Å². The van der Waals surface area contributed by atoms with E-state index < -0.39 is 6.23 Å². The van der Waals surface area contributed by atoms with Crippen LogP contribution in [-0.2, 0) is 4.74 Å². The van der Waals surface area contributed by atoms with Crippen LogP contribution in [0, 0.1) is 0 Å². The molecule has 4 heteroatoms. The Hall–Kier alpha value is -0.160. The molecule has 0 aromatic rings. The minimum Gasteiger partial charge on any atom is -0.376 e. The molecule has 0 aromatic heterocycles. The Morgan fingerprint density at radius 1 is 1.45 bits per heavy atom. The number of likely N-dealkylation sites (N-methyl/N-ethyl adjacent to an activating group) is 1. The Morgan fingerprint density at radius 3 is 2.36 bits per heavy atom. The van der Waals surface area contributed by atoms with E-state index in [2.05, 4.69) is 21.1 Å². The number of hydrogen-bond acceptors (Lipinski definition) is 3. The third kappa shape index (κ3) is 9.84. The monoisotopic (exact) mass is 163 g/mol. The van der Waals surface area contributed by atoms with Crippen LogP contribution in [0.25, 0.3) is 0 Å². The molecule has 0 spiro atoms. The van der Waals surface area contributed by atoms with Crippen LogP contribution in [-0.4, -0.2) is 56.7 Å². The van der Waals surface area contributed by atoms with Crippen molar-refractivity contribution in [2.75, 3.05) is 40.9 Å². The van der Waals surface area contributed by atoms with E-state index in [9.17, 15) is 0 Å². The van der Waals surface area contributed by atoms with Crippen molar-refractivity contribution in [1.82, 2.24) is 0 Å². The minimum absolute atomic E-state index is 0.222. The van der Waals surface area contributed by atoms with E-state index in [1.54, 1.807) is 0 Å². The number of hydrogen-bond donors (Lipinski definition) is 2. The number of rotatable bonds is 5. The Balaban J connectivity index is 3.15. The van der Waals surface area contributed by atoms with Gasteiger partial charge in [-0.25, -0.2) is 0 Å². The van der Waals surface area contributed by atoms with Gasteiger partial charge in [-0.2, -0.15) is 0 Å². The molecule has 0 rings (SSSR count). The molecule has 4 nitrogen and oxygen atoms in total. The molecule has 0 radical (unpaired) electrons. The highest BCUT2D eigenvalue weighted by molar-refractivity contribution is 4.38. The number of aliphatic hydroxyl groups is 1. The lowest BCUT2D eigenvalue weighted by Crippen LogP contribution is -2.38. The summed E-state index contributed by atoms with van der Waals surface area (Å²) in [6, 6.07) is 0. The summed E-state index contributed by atoms with van der Waals surface area (Å²) >= 11 is 0. The first kappa shape index (κ1) is 10.8. The number of nitrogens with zero attached hydrogens (tertiary/aromatic N) is 1. The van der Waals surface area contributed by atoms with Crippen molar-refractivity contribution in [2.24, 2.45) is 5.73 Å². The average Bonchev–Trinajstić information content (AvgIpc) is 1.78. The molecule has 68 valence electrons. The van der Waals surface area contributed by atoms with Gasteiger partial charge in [-0.05, 0) is 0 Å². The van der Waals surface area contributed by atoms with Gasteiger partial charge >= 0.3 is 0 Å². The lowest BCUT2D eigenvalue weighted by molar-refractivity contribution is -0.870. The molecule has 1 unspecified atom stereocenters. The van der Waals surface area contributed by atoms with Crippen molar-refractivity contribution < 1.29 is 14.3 Å². The van der Waals surface area contributed by atoms with Gasteiger partial charge in [0.15, 0.2) is 0 Å². The summed E-state index contributed by atoms with van der Waals surface area (Å²) in [7, 11) is 6.26. The van der Waals surface area contributed by atoms with Crippen molar-refractivity contribution in [1.29, 1.82) is 0 Å². The Bertz CT molecular complexity index is 99.1. The maximum Gasteiger partial charge on any atom is 0.126 e. The normalized spacial score (nSPS) is 15.0. The van der Waals surface area contributed by atoms with E-state index in [0.29, 0.717) is 6.61 Å². The molecule has 0 saturated carbocycles. The second kappa shape index (κ2) is 4.66. The predicted molar refractivity (Wildman–Crippen MR) is 43.9 cm³/mol. The molecule has 0 heterocycles. The molecular formula is C7H19N2O2+. The summed E-state index contributed by atoms with van der Waals surface area (Å²) in [5, 5.41) is 8.63. The van der Waals surface area contributed by atoms with E-state index in [1.165, 1.54) is 0 Å². The SMILES string of the molecule is C[N+](C)(C)CCOCC(N)O. The maximum absolute atomic E-state index is 8.63. The fourth-order valence-electron chi connectivity index (χ4n) is 0.542. The highest BCUT2D eigenvalue weighted by Crippen LogP contribution is 1.89.